The number of aromatic carboxylic acids is 2. The number of rotatable bonds is 3. The molecular formula is C12H13NO6S. The van der Waals surface area contributed by atoms with Crippen LogP contribution in [0.2, 0.25) is 0 Å². The molecule has 2 N–H and O–H groups in total. The Kier molecular flexibility index (Phi) is 7.01. The molecule has 0 amide bonds. The van der Waals surface area contributed by atoms with E-state index in [4.69, 9.17) is 10.2 Å². The number of allylic oxidation sites excluding steroid dienone is 1. The standard InChI is InChI=1S/C9H8O4.C3H5NO2S/c1-5-6(8(10)11)3-2-4-7(5)9(12)13;1-3(7)2-4(5)6/h2-4H,1H3,(H,10,11)(H,12,13);2,7H,1H3. The number of nitro groups is 1. The highest BCUT2D eigenvalue weighted by molar-refractivity contribution is 7.84. The average molecular weight is 299 g/mol. The first-order valence-electron chi connectivity index (χ1n) is 5.24. The van der Waals surface area contributed by atoms with E-state index >= 15 is 0 Å². The number of hydrogen-bond acceptors (Lipinski definition) is 5. The second-order valence-electron chi connectivity index (χ2n) is 3.64. The molecule has 0 bridgehead atoms. The second-order valence-corrected chi connectivity index (χ2v) is 4.35. The molecule has 0 radical (unpaired) electrons. The number of carboxylic acids is 2. The molecule has 7 nitrogen and oxygen atoms in total. The highest BCUT2D eigenvalue weighted by Crippen LogP contribution is 2.13. The highest BCUT2D eigenvalue weighted by atomic mass is 32.1. The third kappa shape index (κ3) is 6.01. The Hall–Kier alpha value is -2.35. The highest BCUT2D eigenvalue weighted by Gasteiger charge is 2.13. The fraction of sp³-hybridized carbons (Fsp3) is 0.167. The van der Waals surface area contributed by atoms with Crippen LogP contribution in [0.5, 0.6) is 0 Å². The van der Waals surface area contributed by atoms with Gasteiger partial charge in [-0.1, -0.05) is 6.07 Å². The fourth-order valence-electron chi connectivity index (χ4n) is 1.25. The van der Waals surface area contributed by atoms with Crippen LogP contribution < -0.4 is 0 Å². The van der Waals surface area contributed by atoms with Crippen molar-refractivity contribution < 1.29 is 24.7 Å². The van der Waals surface area contributed by atoms with Crippen molar-refractivity contribution in [2.45, 2.75) is 13.8 Å². The SMILES string of the molecule is CC(S)=C[N+](=O)[O-].Cc1c(C(=O)O)cccc1C(=O)O. The van der Waals surface area contributed by atoms with E-state index in [0.29, 0.717) is 4.91 Å². The number of thiol groups is 1. The van der Waals surface area contributed by atoms with E-state index in [0.717, 1.165) is 6.20 Å². The van der Waals surface area contributed by atoms with Crippen LogP contribution in [0.1, 0.15) is 33.2 Å². The van der Waals surface area contributed by atoms with Crippen molar-refractivity contribution in [1.29, 1.82) is 0 Å². The molecule has 0 aliphatic carbocycles. The summed E-state index contributed by atoms with van der Waals surface area (Å²) in [7, 11) is 0. The number of carboxylic acid groups (broad SMARTS) is 2. The molecule has 0 saturated heterocycles. The molecule has 8 heteroatoms. The Morgan fingerprint density at radius 2 is 1.65 bits per heavy atom. The minimum atomic E-state index is -1.11. The lowest BCUT2D eigenvalue weighted by Crippen LogP contribution is -2.06. The Balaban J connectivity index is 0.000000441. The van der Waals surface area contributed by atoms with Crippen molar-refractivity contribution in [3.8, 4) is 0 Å². The summed E-state index contributed by atoms with van der Waals surface area (Å²) in [5.41, 5.74) is 0.335. The van der Waals surface area contributed by atoms with Gasteiger partial charge in [-0.25, -0.2) is 9.59 Å². The molecule has 0 atom stereocenters. The van der Waals surface area contributed by atoms with Gasteiger partial charge in [0.25, 0.3) is 0 Å². The Morgan fingerprint density at radius 1 is 1.25 bits per heavy atom. The molecule has 0 fully saturated rings. The first kappa shape index (κ1) is 17.6. The topological polar surface area (TPSA) is 118 Å². The first-order chi connectivity index (χ1) is 9.16. The summed E-state index contributed by atoms with van der Waals surface area (Å²) in [4.78, 5) is 30.6. The number of nitrogens with zero attached hydrogens (tertiary/aromatic N) is 1. The first-order valence-corrected chi connectivity index (χ1v) is 5.68. The van der Waals surface area contributed by atoms with E-state index in [1.807, 2.05) is 0 Å². The van der Waals surface area contributed by atoms with Crippen LogP contribution in [0, 0.1) is 17.0 Å². The predicted octanol–water partition coefficient (Wildman–Crippen LogP) is 2.45. The minimum absolute atomic E-state index is 0.0277. The van der Waals surface area contributed by atoms with Gasteiger partial charge in [0.2, 0.25) is 6.20 Å². The van der Waals surface area contributed by atoms with Gasteiger partial charge in [-0.15, -0.1) is 12.6 Å². The quantitative estimate of drug-likeness (QED) is 0.448. The zero-order chi connectivity index (χ0) is 15.9. The van der Waals surface area contributed by atoms with Crippen LogP contribution in [0.15, 0.2) is 29.3 Å². The zero-order valence-corrected chi connectivity index (χ0v) is 11.6. The van der Waals surface area contributed by atoms with Gasteiger partial charge in [0.1, 0.15) is 0 Å². The molecule has 0 unspecified atom stereocenters. The van der Waals surface area contributed by atoms with Crippen molar-refractivity contribution in [2.75, 3.05) is 0 Å². The normalized spacial score (nSPS) is 10.2. The molecule has 0 aliphatic heterocycles. The molecule has 0 aromatic heterocycles. The second kappa shape index (κ2) is 7.95. The van der Waals surface area contributed by atoms with E-state index in [9.17, 15) is 19.7 Å². The van der Waals surface area contributed by atoms with Gasteiger partial charge >= 0.3 is 11.9 Å². The monoisotopic (exact) mass is 299 g/mol. The molecular weight excluding hydrogens is 286 g/mol. The molecule has 0 aliphatic rings. The molecule has 0 spiro atoms. The molecule has 1 aromatic carbocycles. The predicted molar refractivity (Wildman–Crippen MR) is 74.8 cm³/mol. The van der Waals surface area contributed by atoms with E-state index in [-0.39, 0.29) is 16.7 Å². The van der Waals surface area contributed by atoms with E-state index in [1.165, 1.54) is 25.1 Å². The fourth-order valence-corrected chi connectivity index (χ4v) is 1.35. The zero-order valence-electron chi connectivity index (χ0n) is 10.7. The average Bonchev–Trinajstić information content (AvgIpc) is 2.27. The van der Waals surface area contributed by atoms with Crippen LogP contribution >= 0.6 is 12.6 Å². The third-order valence-corrected chi connectivity index (χ3v) is 2.20. The minimum Gasteiger partial charge on any atom is -0.478 e. The number of benzene rings is 1. The van der Waals surface area contributed by atoms with Gasteiger partial charge in [0, 0.05) is 4.91 Å². The molecule has 20 heavy (non-hydrogen) atoms. The number of hydrogen-bond donors (Lipinski definition) is 3. The van der Waals surface area contributed by atoms with Crippen molar-refractivity contribution in [3.05, 3.63) is 56.1 Å². The van der Waals surface area contributed by atoms with Crippen LogP contribution in [0.4, 0.5) is 0 Å². The lowest BCUT2D eigenvalue weighted by Gasteiger charge is -2.03. The van der Waals surface area contributed by atoms with Crippen LogP contribution in [-0.2, 0) is 0 Å². The maximum atomic E-state index is 10.6. The summed E-state index contributed by atoms with van der Waals surface area (Å²) in [6, 6.07) is 4.17. The lowest BCUT2D eigenvalue weighted by atomic mass is 10.0. The van der Waals surface area contributed by atoms with Crippen molar-refractivity contribution in [2.24, 2.45) is 0 Å². The van der Waals surface area contributed by atoms with Crippen molar-refractivity contribution >= 4 is 24.6 Å². The summed E-state index contributed by atoms with van der Waals surface area (Å²) in [6.07, 6.45) is 0.836. The Morgan fingerprint density at radius 3 is 1.85 bits per heavy atom. The number of carbonyl (C=O) groups is 2. The van der Waals surface area contributed by atoms with Gasteiger partial charge in [0.05, 0.1) is 16.1 Å². The largest absolute Gasteiger partial charge is 0.478 e. The molecule has 1 aromatic rings. The molecule has 1 rings (SSSR count). The Bertz CT molecular complexity index is 531. The van der Waals surface area contributed by atoms with Gasteiger partial charge < -0.3 is 10.2 Å². The molecule has 0 saturated carbocycles. The van der Waals surface area contributed by atoms with Gasteiger partial charge in [-0.2, -0.15) is 0 Å². The summed E-state index contributed by atoms with van der Waals surface area (Å²) in [5, 5.41) is 26.8. The smallest absolute Gasteiger partial charge is 0.335 e. The van der Waals surface area contributed by atoms with Gasteiger partial charge in [-0.3, -0.25) is 10.1 Å². The summed E-state index contributed by atoms with van der Waals surface area (Å²) in [6.45, 7) is 3.03. The summed E-state index contributed by atoms with van der Waals surface area (Å²) < 4.78 is 0. The van der Waals surface area contributed by atoms with E-state index in [1.54, 1.807) is 6.92 Å². The van der Waals surface area contributed by atoms with Crippen LogP contribution in [-0.4, -0.2) is 27.1 Å². The van der Waals surface area contributed by atoms with Crippen LogP contribution in [0.3, 0.4) is 0 Å². The maximum absolute atomic E-state index is 10.6. The van der Waals surface area contributed by atoms with Gasteiger partial charge in [-0.05, 0) is 31.5 Å². The molecule has 0 heterocycles. The lowest BCUT2D eigenvalue weighted by molar-refractivity contribution is -0.402. The van der Waals surface area contributed by atoms with Crippen molar-refractivity contribution in [3.63, 3.8) is 0 Å². The molecule has 108 valence electrons. The third-order valence-electron chi connectivity index (χ3n) is 2.09. The maximum Gasteiger partial charge on any atom is 0.335 e. The summed E-state index contributed by atoms with van der Waals surface area (Å²) >= 11 is 3.66. The van der Waals surface area contributed by atoms with E-state index in [2.05, 4.69) is 12.6 Å². The summed E-state index contributed by atoms with van der Waals surface area (Å²) in [5.74, 6) is -2.22. The van der Waals surface area contributed by atoms with Gasteiger partial charge in [0.15, 0.2) is 0 Å². The van der Waals surface area contributed by atoms with Crippen molar-refractivity contribution in [1.82, 2.24) is 0 Å². The van der Waals surface area contributed by atoms with E-state index < -0.39 is 16.9 Å². The van der Waals surface area contributed by atoms with Crippen LogP contribution in [0.25, 0.3) is 0 Å². The Labute approximate surface area is 120 Å².